The molecule has 1 aromatic rings. The predicted octanol–water partition coefficient (Wildman–Crippen LogP) is 3.29. The van der Waals surface area contributed by atoms with Crippen LogP contribution in [0.2, 0.25) is 5.02 Å². The second kappa shape index (κ2) is 5.02. The topological polar surface area (TPSA) is 60.8 Å². The van der Waals surface area contributed by atoms with Crippen LogP contribution in [0.25, 0.3) is 0 Å². The highest BCUT2D eigenvalue weighted by atomic mass is 35.5. The SMILES string of the molecule is CC1(C)CC[C@H](C(O)c2ccccc2Cl)N1C(=O)O. The maximum absolute atomic E-state index is 11.4. The maximum atomic E-state index is 11.4. The molecule has 0 bridgehead atoms. The highest BCUT2D eigenvalue weighted by Gasteiger charge is 2.46. The van der Waals surface area contributed by atoms with Crippen LogP contribution >= 0.6 is 11.6 Å². The van der Waals surface area contributed by atoms with Crippen LogP contribution in [0.5, 0.6) is 0 Å². The molecule has 2 rings (SSSR count). The molecular weight excluding hydrogens is 266 g/mol. The van der Waals surface area contributed by atoms with Crippen LogP contribution in [-0.2, 0) is 0 Å². The van der Waals surface area contributed by atoms with Crippen LogP contribution in [0.1, 0.15) is 38.4 Å². The molecule has 1 unspecified atom stereocenters. The van der Waals surface area contributed by atoms with Gasteiger partial charge in [0.05, 0.1) is 6.04 Å². The number of aliphatic hydroxyl groups excluding tert-OH is 1. The summed E-state index contributed by atoms with van der Waals surface area (Å²) in [4.78, 5) is 12.8. The van der Waals surface area contributed by atoms with E-state index in [0.717, 1.165) is 6.42 Å². The van der Waals surface area contributed by atoms with E-state index in [4.69, 9.17) is 11.6 Å². The first-order valence-corrected chi connectivity index (χ1v) is 6.67. The lowest BCUT2D eigenvalue weighted by Crippen LogP contribution is -2.48. The molecular formula is C14H18ClNO3. The van der Waals surface area contributed by atoms with E-state index >= 15 is 0 Å². The number of halogens is 1. The summed E-state index contributed by atoms with van der Waals surface area (Å²) < 4.78 is 0. The monoisotopic (exact) mass is 283 g/mol. The van der Waals surface area contributed by atoms with Crippen molar-refractivity contribution in [1.82, 2.24) is 4.90 Å². The Morgan fingerprint density at radius 2 is 2.11 bits per heavy atom. The molecule has 0 spiro atoms. The first-order valence-electron chi connectivity index (χ1n) is 6.29. The molecule has 2 atom stereocenters. The third-order valence-electron chi connectivity index (χ3n) is 3.83. The Balaban J connectivity index is 2.32. The Hall–Kier alpha value is -1.26. The standard InChI is InChI=1S/C14H18ClNO3/c1-14(2)8-7-11(16(14)13(18)19)12(17)9-5-3-4-6-10(9)15/h3-6,11-12,17H,7-8H2,1-2H3,(H,18,19)/t11-,12?/m1/s1. The van der Waals surface area contributed by atoms with Crippen LogP contribution in [0.4, 0.5) is 4.79 Å². The predicted molar refractivity (Wildman–Crippen MR) is 73.4 cm³/mol. The fraction of sp³-hybridized carbons (Fsp3) is 0.500. The normalized spacial score (nSPS) is 23.4. The Labute approximate surface area is 117 Å². The summed E-state index contributed by atoms with van der Waals surface area (Å²) >= 11 is 6.07. The van der Waals surface area contributed by atoms with Gasteiger partial charge in [-0.05, 0) is 32.8 Å². The number of carboxylic acid groups (broad SMARTS) is 1. The van der Waals surface area contributed by atoms with Gasteiger partial charge < -0.3 is 10.2 Å². The van der Waals surface area contributed by atoms with Gasteiger partial charge >= 0.3 is 6.09 Å². The molecule has 0 radical (unpaired) electrons. The number of amides is 1. The van der Waals surface area contributed by atoms with E-state index in [0.29, 0.717) is 17.0 Å². The van der Waals surface area contributed by atoms with E-state index in [9.17, 15) is 15.0 Å². The van der Waals surface area contributed by atoms with E-state index in [2.05, 4.69) is 0 Å². The lowest BCUT2D eigenvalue weighted by Gasteiger charge is -2.35. The number of nitrogens with zero attached hydrogens (tertiary/aromatic N) is 1. The fourth-order valence-corrected chi connectivity index (χ4v) is 3.07. The van der Waals surface area contributed by atoms with Crippen LogP contribution in [0.3, 0.4) is 0 Å². The molecule has 1 fully saturated rings. The average Bonchev–Trinajstić information content (AvgIpc) is 2.64. The second-order valence-electron chi connectivity index (χ2n) is 5.54. The van der Waals surface area contributed by atoms with Crippen molar-refractivity contribution >= 4 is 17.7 Å². The van der Waals surface area contributed by atoms with Gasteiger partial charge in [-0.1, -0.05) is 29.8 Å². The van der Waals surface area contributed by atoms with Crippen LogP contribution < -0.4 is 0 Å². The number of aliphatic hydroxyl groups is 1. The maximum Gasteiger partial charge on any atom is 0.408 e. The number of hydrogen-bond acceptors (Lipinski definition) is 2. The molecule has 1 amide bonds. The van der Waals surface area contributed by atoms with Crippen molar-refractivity contribution in [2.45, 2.75) is 44.4 Å². The van der Waals surface area contributed by atoms with Crippen molar-refractivity contribution in [3.05, 3.63) is 34.9 Å². The summed E-state index contributed by atoms with van der Waals surface area (Å²) in [5, 5.41) is 20.3. The van der Waals surface area contributed by atoms with Crippen molar-refractivity contribution in [3.8, 4) is 0 Å². The first kappa shape index (κ1) is 14.2. The molecule has 5 heteroatoms. The van der Waals surface area contributed by atoms with Crippen molar-refractivity contribution in [2.75, 3.05) is 0 Å². The van der Waals surface area contributed by atoms with Gasteiger partial charge in [0.1, 0.15) is 6.10 Å². The van der Waals surface area contributed by atoms with Crippen molar-refractivity contribution < 1.29 is 15.0 Å². The zero-order valence-electron chi connectivity index (χ0n) is 11.0. The van der Waals surface area contributed by atoms with Gasteiger partial charge in [0.15, 0.2) is 0 Å². The van der Waals surface area contributed by atoms with E-state index in [1.807, 2.05) is 13.8 Å². The summed E-state index contributed by atoms with van der Waals surface area (Å²) in [6.07, 6.45) is -0.540. The lowest BCUT2D eigenvalue weighted by molar-refractivity contribution is 0.0362. The molecule has 1 aromatic carbocycles. The smallest absolute Gasteiger partial charge is 0.408 e. The van der Waals surface area contributed by atoms with Crippen molar-refractivity contribution in [1.29, 1.82) is 0 Å². The summed E-state index contributed by atoms with van der Waals surface area (Å²) in [6.45, 7) is 3.75. The van der Waals surface area contributed by atoms with Crippen LogP contribution in [0, 0.1) is 0 Å². The molecule has 1 heterocycles. The molecule has 2 N–H and O–H groups in total. The summed E-state index contributed by atoms with van der Waals surface area (Å²) in [6, 6.07) is 6.55. The summed E-state index contributed by atoms with van der Waals surface area (Å²) in [5.41, 5.74) is 0.122. The van der Waals surface area contributed by atoms with Crippen LogP contribution in [0.15, 0.2) is 24.3 Å². The third-order valence-corrected chi connectivity index (χ3v) is 4.17. The van der Waals surface area contributed by atoms with Gasteiger partial charge in [-0.25, -0.2) is 4.79 Å². The van der Waals surface area contributed by atoms with Gasteiger partial charge in [0, 0.05) is 16.1 Å². The molecule has 1 aliphatic heterocycles. The zero-order chi connectivity index (χ0) is 14.2. The third kappa shape index (κ3) is 2.55. The Morgan fingerprint density at radius 1 is 1.47 bits per heavy atom. The molecule has 0 aromatic heterocycles. The summed E-state index contributed by atoms with van der Waals surface area (Å²) in [7, 11) is 0. The van der Waals surface area contributed by atoms with Crippen molar-refractivity contribution in [3.63, 3.8) is 0 Å². The Morgan fingerprint density at radius 3 is 2.68 bits per heavy atom. The summed E-state index contributed by atoms with van der Waals surface area (Å²) in [5.74, 6) is 0. The molecule has 19 heavy (non-hydrogen) atoms. The highest BCUT2D eigenvalue weighted by molar-refractivity contribution is 6.31. The largest absolute Gasteiger partial charge is 0.465 e. The van der Waals surface area contributed by atoms with E-state index in [1.54, 1.807) is 24.3 Å². The Kier molecular flexibility index (Phi) is 3.74. The zero-order valence-corrected chi connectivity index (χ0v) is 11.8. The van der Waals surface area contributed by atoms with E-state index < -0.39 is 23.8 Å². The number of carbonyl (C=O) groups is 1. The quantitative estimate of drug-likeness (QED) is 0.875. The van der Waals surface area contributed by atoms with E-state index in [-0.39, 0.29) is 0 Å². The second-order valence-corrected chi connectivity index (χ2v) is 5.94. The Bertz CT molecular complexity index is 489. The molecule has 4 nitrogen and oxygen atoms in total. The van der Waals surface area contributed by atoms with E-state index in [1.165, 1.54) is 4.90 Å². The van der Waals surface area contributed by atoms with Gasteiger partial charge in [-0.2, -0.15) is 0 Å². The fourth-order valence-electron chi connectivity index (χ4n) is 2.82. The molecule has 104 valence electrons. The van der Waals surface area contributed by atoms with Gasteiger partial charge in [0.2, 0.25) is 0 Å². The number of likely N-dealkylation sites (tertiary alicyclic amines) is 1. The highest BCUT2D eigenvalue weighted by Crippen LogP contribution is 2.40. The van der Waals surface area contributed by atoms with Gasteiger partial charge in [0.25, 0.3) is 0 Å². The molecule has 1 saturated heterocycles. The number of benzene rings is 1. The average molecular weight is 284 g/mol. The lowest BCUT2D eigenvalue weighted by atomic mass is 10.00. The molecule has 0 aliphatic carbocycles. The van der Waals surface area contributed by atoms with Crippen LogP contribution in [-0.4, -0.2) is 32.8 Å². The number of rotatable bonds is 2. The minimum atomic E-state index is -1.00. The number of hydrogen-bond donors (Lipinski definition) is 2. The molecule has 1 aliphatic rings. The van der Waals surface area contributed by atoms with Gasteiger partial charge in [-0.15, -0.1) is 0 Å². The van der Waals surface area contributed by atoms with Gasteiger partial charge in [-0.3, -0.25) is 4.90 Å². The minimum absolute atomic E-state index is 0.451. The van der Waals surface area contributed by atoms with Crippen molar-refractivity contribution in [2.24, 2.45) is 0 Å². The first-order chi connectivity index (χ1) is 8.84. The minimum Gasteiger partial charge on any atom is -0.465 e. The molecule has 0 saturated carbocycles.